The second kappa shape index (κ2) is 4.67. The third kappa shape index (κ3) is 1.86. The molecule has 0 fully saturated rings. The van der Waals surface area contributed by atoms with Crippen LogP contribution in [0.2, 0.25) is 0 Å². The molecule has 0 saturated carbocycles. The van der Waals surface area contributed by atoms with Crippen LogP contribution in [0.5, 0.6) is 11.5 Å². The quantitative estimate of drug-likeness (QED) is 0.716. The molecule has 0 bridgehead atoms. The van der Waals surface area contributed by atoms with Gasteiger partial charge in [0.05, 0.1) is 14.2 Å². The maximum absolute atomic E-state index is 12.6. The van der Waals surface area contributed by atoms with Crippen molar-refractivity contribution in [2.24, 2.45) is 0 Å². The monoisotopic (exact) mass is 268 g/mol. The molecule has 0 radical (unpaired) electrons. The molecule has 3 nitrogen and oxygen atoms in total. The number of aryl methyl sites for hydroxylation is 1. The van der Waals surface area contributed by atoms with Crippen molar-refractivity contribution in [3.8, 4) is 11.5 Å². The Morgan fingerprint density at radius 2 is 1.55 bits per heavy atom. The molecule has 2 aromatic rings. The third-order valence-electron chi connectivity index (χ3n) is 3.74. The largest absolute Gasteiger partial charge is 0.493 e. The van der Waals surface area contributed by atoms with Gasteiger partial charge in [0.15, 0.2) is 17.3 Å². The Morgan fingerprint density at radius 3 is 2.25 bits per heavy atom. The minimum atomic E-state index is 0.0610. The van der Waals surface area contributed by atoms with Crippen LogP contribution < -0.4 is 9.47 Å². The van der Waals surface area contributed by atoms with E-state index >= 15 is 0 Å². The molecule has 0 unspecified atom stereocenters. The number of carbonyl (C=O) groups excluding carboxylic acids is 1. The van der Waals surface area contributed by atoms with Gasteiger partial charge in [0.1, 0.15) is 0 Å². The summed E-state index contributed by atoms with van der Waals surface area (Å²) in [4.78, 5) is 12.6. The van der Waals surface area contributed by atoms with Gasteiger partial charge in [-0.25, -0.2) is 0 Å². The second-order valence-corrected chi connectivity index (χ2v) is 5.03. The molecule has 0 heterocycles. The number of hydrogen-bond donors (Lipinski definition) is 0. The zero-order valence-electron chi connectivity index (χ0n) is 11.8. The fraction of sp³-hybridized carbons (Fsp3) is 0.235. The molecule has 3 rings (SSSR count). The molecular weight excluding hydrogens is 252 g/mol. The highest BCUT2D eigenvalue weighted by Crippen LogP contribution is 2.36. The minimum absolute atomic E-state index is 0.0610. The van der Waals surface area contributed by atoms with Crippen LogP contribution in [0, 0.1) is 6.92 Å². The van der Waals surface area contributed by atoms with Gasteiger partial charge in [-0.2, -0.15) is 0 Å². The van der Waals surface area contributed by atoms with E-state index in [1.807, 2.05) is 31.2 Å². The summed E-state index contributed by atoms with van der Waals surface area (Å²) in [6, 6.07) is 9.70. The predicted molar refractivity (Wildman–Crippen MR) is 77.0 cm³/mol. The topological polar surface area (TPSA) is 35.5 Å². The average molecular weight is 268 g/mol. The Morgan fingerprint density at radius 1 is 0.900 bits per heavy atom. The zero-order chi connectivity index (χ0) is 14.3. The maximum Gasteiger partial charge on any atom is 0.193 e. The van der Waals surface area contributed by atoms with E-state index in [2.05, 4.69) is 0 Å². The number of ether oxygens (including phenoxy) is 2. The Balaban J connectivity index is 2.17. The smallest absolute Gasteiger partial charge is 0.193 e. The van der Waals surface area contributed by atoms with Crippen molar-refractivity contribution < 1.29 is 14.3 Å². The van der Waals surface area contributed by atoms with Crippen LogP contribution in [0.4, 0.5) is 0 Å². The number of fused-ring (bicyclic) bond motifs is 2. The van der Waals surface area contributed by atoms with Crippen LogP contribution in [0.1, 0.15) is 32.6 Å². The molecule has 0 amide bonds. The van der Waals surface area contributed by atoms with Crippen molar-refractivity contribution in [1.29, 1.82) is 0 Å². The van der Waals surface area contributed by atoms with Gasteiger partial charge < -0.3 is 9.47 Å². The van der Waals surface area contributed by atoms with Gasteiger partial charge in [-0.15, -0.1) is 0 Å². The second-order valence-electron chi connectivity index (χ2n) is 5.03. The standard InChI is InChI=1S/C17H16O3/c1-10-4-5-11-7-12-8-15(19-2)16(20-3)9-14(12)17(18)13(11)6-10/h4-6,8-9H,7H2,1-3H3. The first kappa shape index (κ1) is 12.7. The fourth-order valence-corrected chi connectivity index (χ4v) is 2.68. The summed E-state index contributed by atoms with van der Waals surface area (Å²) < 4.78 is 10.6. The Hall–Kier alpha value is -2.29. The summed E-state index contributed by atoms with van der Waals surface area (Å²) in [6.07, 6.45) is 0.747. The summed E-state index contributed by atoms with van der Waals surface area (Å²) in [6.45, 7) is 2.00. The van der Waals surface area contributed by atoms with Crippen LogP contribution in [-0.2, 0) is 6.42 Å². The molecule has 0 spiro atoms. The van der Waals surface area contributed by atoms with Crippen molar-refractivity contribution in [2.45, 2.75) is 13.3 Å². The number of rotatable bonds is 2. The summed E-state index contributed by atoms with van der Waals surface area (Å²) in [5, 5.41) is 0. The van der Waals surface area contributed by atoms with E-state index in [-0.39, 0.29) is 5.78 Å². The van der Waals surface area contributed by atoms with Gasteiger partial charge in [0.2, 0.25) is 0 Å². The molecule has 0 saturated heterocycles. The van der Waals surface area contributed by atoms with Crippen molar-refractivity contribution in [3.63, 3.8) is 0 Å². The summed E-state index contributed by atoms with van der Waals surface area (Å²) in [7, 11) is 3.18. The molecule has 1 aliphatic rings. The predicted octanol–water partition coefficient (Wildman–Crippen LogP) is 3.15. The van der Waals surface area contributed by atoms with Crippen LogP contribution in [0.25, 0.3) is 0 Å². The number of ketones is 1. The Kier molecular flexibility index (Phi) is 2.97. The Bertz CT molecular complexity index is 702. The van der Waals surface area contributed by atoms with Gasteiger partial charge in [-0.05, 0) is 42.7 Å². The highest BCUT2D eigenvalue weighted by molar-refractivity contribution is 6.12. The average Bonchev–Trinajstić information content (AvgIpc) is 2.47. The van der Waals surface area contributed by atoms with Crippen LogP contribution in [-0.4, -0.2) is 20.0 Å². The normalized spacial score (nSPS) is 12.7. The maximum atomic E-state index is 12.6. The molecule has 20 heavy (non-hydrogen) atoms. The van der Waals surface area contributed by atoms with E-state index in [1.54, 1.807) is 20.3 Å². The molecule has 3 heteroatoms. The molecule has 0 aliphatic heterocycles. The lowest BCUT2D eigenvalue weighted by Gasteiger charge is -2.21. The number of carbonyl (C=O) groups is 1. The van der Waals surface area contributed by atoms with Crippen molar-refractivity contribution >= 4 is 5.78 Å². The number of benzene rings is 2. The van der Waals surface area contributed by atoms with E-state index in [9.17, 15) is 4.79 Å². The lowest BCUT2D eigenvalue weighted by Crippen LogP contribution is -2.15. The van der Waals surface area contributed by atoms with Crippen molar-refractivity contribution in [1.82, 2.24) is 0 Å². The molecule has 2 aromatic carbocycles. The van der Waals surface area contributed by atoms with Crippen molar-refractivity contribution in [2.75, 3.05) is 14.2 Å². The first-order valence-electron chi connectivity index (χ1n) is 6.53. The minimum Gasteiger partial charge on any atom is -0.493 e. The lowest BCUT2D eigenvalue weighted by atomic mass is 9.84. The van der Waals surface area contributed by atoms with Crippen LogP contribution in [0.15, 0.2) is 30.3 Å². The van der Waals surface area contributed by atoms with Gasteiger partial charge in [0.25, 0.3) is 0 Å². The molecule has 0 aromatic heterocycles. The first-order valence-corrected chi connectivity index (χ1v) is 6.53. The number of hydrogen-bond acceptors (Lipinski definition) is 3. The van der Waals surface area contributed by atoms with E-state index < -0.39 is 0 Å². The first-order chi connectivity index (χ1) is 9.63. The molecule has 0 N–H and O–H groups in total. The van der Waals surface area contributed by atoms with Crippen molar-refractivity contribution in [3.05, 3.63) is 58.1 Å². The van der Waals surface area contributed by atoms with Gasteiger partial charge in [-0.3, -0.25) is 4.79 Å². The van der Waals surface area contributed by atoms with Gasteiger partial charge >= 0.3 is 0 Å². The number of methoxy groups -OCH3 is 2. The SMILES string of the molecule is COc1cc2c(cc1OC)C(=O)c1cc(C)ccc1C2. The van der Waals surface area contributed by atoms with E-state index in [0.717, 1.165) is 28.7 Å². The highest BCUT2D eigenvalue weighted by Gasteiger charge is 2.25. The van der Waals surface area contributed by atoms with Gasteiger partial charge in [-0.1, -0.05) is 17.7 Å². The lowest BCUT2D eigenvalue weighted by molar-refractivity contribution is 0.103. The summed E-state index contributed by atoms with van der Waals surface area (Å²) in [5.74, 6) is 1.32. The fourth-order valence-electron chi connectivity index (χ4n) is 2.68. The molecule has 0 atom stereocenters. The van der Waals surface area contributed by atoms with E-state index in [1.165, 1.54) is 0 Å². The van der Waals surface area contributed by atoms with E-state index in [0.29, 0.717) is 17.1 Å². The Labute approximate surface area is 118 Å². The summed E-state index contributed by atoms with van der Waals surface area (Å²) >= 11 is 0. The summed E-state index contributed by atoms with van der Waals surface area (Å²) in [5.41, 5.74) is 4.66. The third-order valence-corrected chi connectivity index (χ3v) is 3.74. The zero-order valence-corrected chi connectivity index (χ0v) is 11.8. The molecule has 102 valence electrons. The van der Waals surface area contributed by atoms with E-state index in [4.69, 9.17) is 9.47 Å². The molecule has 1 aliphatic carbocycles. The van der Waals surface area contributed by atoms with Crippen LogP contribution in [0.3, 0.4) is 0 Å². The highest BCUT2D eigenvalue weighted by atomic mass is 16.5. The van der Waals surface area contributed by atoms with Gasteiger partial charge in [0, 0.05) is 11.1 Å². The molecular formula is C17H16O3. The van der Waals surface area contributed by atoms with Crippen LogP contribution >= 0.6 is 0 Å².